The number of rotatable bonds is 4. The van der Waals surface area contributed by atoms with Crippen molar-refractivity contribution in [2.75, 3.05) is 0 Å². The average molecular weight is 321 g/mol. The second kappa shape index (κ2) is 6.17. The molecule has 0 fully saturated rings. The Bertz CT molecular complexity index is 836. The van der Waals surface area contributed by atoms with Crippen molar-refractivity contribution in [3.05, 3.63) is 65.9 Å². The molecule has 23 heavy (non-hydrogen) atoms. The van der Waals surface area contributed by atoms with Crippen LogP contribution < -0.4 is 4.74 Å². The fourth-order valence-electron chi connectivity index (χ4n) is 2.74. The highest BCUT2D eigenvalue weighted by Gasteiger charge is 2.17. The van der Waals surface area contributed by atoms with Crippen molar-refractivity contribution in [3.63, 3.8) is 0 Å². The summed E-state index contributed by atoms with van der Waals surface area (Å²) < 4.78 is 6.25. The summed E-state index contributed by atoms with van der Waals surface area (Å²) in [4.78, 5) is 4.66. The van der Waals surface area contributed by atoms with Gasteiger partial charge in [0, 0.05) is 13.5 Å². The van der Waals surface area contributed by atoms with Gasteiger partial charge in [0.1, 0.15) is 11.5 Å². The monoisotopic (exact) mass is 321 g/mol. The molecule has 0 spiro atoms. The molecule has 0 saturated carbocycles. The SMILES string of the molecule is Cc1nc2ccccc2cc1Oc1ccccc1C[Si](C)(C)C. The summed E-state index contributed by atoms with van der Waals surface area (Å²) in [6, 6.07) is 19.7. The van der Waals surface area contributed by atoms with E-state index in [1.807, 2.05) is 31.2 Å². The average Bonchev–Trinajstić information content (AvgIpc) is 2.48. The smallest absolute Gasteiger partial charge is 0.149 e. The molecule has 0 atom stereocenters. The first-order valence-corrected chi connectivity index (χ1v) is 11.8. The van der Waals surface area contributed by atoms with Crippen LogP contribution in [0.5, 0.6) is 11.5 Å². The molecule has 0 bridgehead atoms. The number of para-hydroxylation sites is 2. The highest BCUT2D eigenvalue weighted by Crippen LogP contribution is 2.31. The van der Waals surface area contributed by atoms with Crippen LogP contribution in [-0.2, 0) is 6.04 Å². The van der Waals surface area contributed by atoms with E-state index in [1.54, 1.807) is 0 Å². The molecule has 2 aromatic carbocycles. The minimum atomic E-state index is -1.20. The van der Waals surface area contributed by atoms with E-state index < -0.39 is 8.07 Å². The van der Waals surface area contributed by atoms with Crippen LogP contribution in [0.4, 0.5) is 0 Å². The summed E-state index contributed by atoms with van der Waals surface area (Å²) in [6.07, 6.45) is 0. The maximum Gasteiger partial charge on any atom is 0.149 e. The summed E-state index contributed by atoms with van der Waals surface area (Å²) in [7, 11) is -1.20. The number of hydrogen-bond donors (Lipinski definition) is 0. The zero-order valence-electron chi connectivity index (χ0n) is 14.3. The highest BCUT2D eigenvalue weighted by molar-refractivity contribution is 6.75. The normalized spacial score (nSPS) is 11.7. The molecule has 0 aliphatic carbocycles. The molecule has 2 nitrogen and oxygen atoms in total. The summed E-state index contributed by atoms with van der Waals surface area (Å²) in [5, 5.41) is 1.11. The Kier molecular flexibility index (Phi) is 4.22. The van der Waals surface area contributed by atoms with Gasteiger partial charge in [0.05, 0.1) is 11.2 Å². The fraction of sp³-hybridized carbons (Fsp3) is 0.250. The van der Waals surface area contributed by atoms with Gasteiger partial charge in [-0.25, -0.2) is 4.98 Å². The van der Waals surface area contributed by atoms with E-state index in [9.17, 15) is 0 Å². The van der Waals surface area contributed by atoms with Gasteiger partial charge in [-0.15, -0.1) is 0 Å². The molecule has 0 amide bonds. The van der Waals surface area contributed by atoms with Gasteiger partial charge in [-0.05, 0) is 36.7 Å². The van der Waals surface area contributed by atoms with Gasteiger partial charge in [-0.1, -0.05) is 56.0 Å². The standard InChI is InChI=1S/C20H23NOSi/c1-15-20(13-16-9-5-7-11-18(16)21-15)22-19-12-8-6-10-17(19)14-23(2,3)4/h5-13H,14H2,1-4H3. The van der Waals surface area contributed by atoms with Crippen molar-refractivity contribution < 1.29 is 4.74 Å². The number of aromatic nitrogens is 1. The number of ether oxygens (including phenoxy) is 1. The van der Waals surface area contributed by atoms with E-state index in [2.05, 4.69) is 55.0 Å². The molecule has 3 aromatic rings. The van der Waals surface area contributed by atoms with E-state index in [0.29, 0.717) is 0 Å². The molecule has 0 aliphatic heterocycles. The van der Waals surface area contributed by atoms with Gasteiger partial charge < -0.3 is 4.74 Å². The number of fused-ring (bicyclic) bond motifs is 1. The molecule has 0 N–H and O–H groups in total. The Balaban J connectivity index is 1.98. The molecular formula is C20H23NOSi. The van der Waals surface area contributed by atoms with Crippen molar-refractivity contribution in [3.8, 4) is 11.5 Å². The van der Waals surface area contributed by atoms with Gasteiger partial charge in [-0.3, -0.25) is 0 Å². The highest BCUT2D eigenvalue weighted by atomic mass is 28.3. The van der Waals surface area contributed by atoms with Crippen molar-refractivity contribution in [2.24, 2.45) is 0 Å². The van der Waals surface area contributed by atoms with Gasteiger partial charge in [0.2, 0.25) is 0 Å². The first kappa shape index (κ1) is 15.8. The van der Waals surface area contributed by atoms with E-state index in [4.69, 9.17) is 4.74 Å². The molecule has 0 unspecified atom stereocenters. The third kappa shape index (κ3) is 3.80. The van der Waals surface area contributed by atoms with Crippen LogP contribution in [0.2, 0.25) is 19.6 Å². The molecule has 0 saturated heterocycles. The van der Waals surface area contributed by atoms with Gasteiger partial charge in [0.15, 0.2) is 0 Å². The predicted octanol–water partition coefficient (Wildman–Crippen LogP) is 5.76. The van der Waals surface area contributed by atoms with Crippen LogP contribution in [0.1, 0.15) is 11.3 Å². The molecule has 1 heterocycles. The first-order chi connectivity index (χ1) is 10.9. The van der Waals surface area contributed by atoms with Crippen molar-refractivity contribution in [1.29, 1.82) is 0 Å². The zero-order chi connectivity index (χ0) is 16.4. The molecular weight excluding hydrogens is 298 g/mol. The Morgan fingerprint density at radius 2 is 1.61 bits per heavy atom. The van der Waals surface area contributed by atoms with E-state index in [0.717, 1.165) is 34.1 Å². The topological polar surface area (TPSA) is 22.1 Å². The lowest BCUT2D eigenvalue weighted by Gasteiger charge is -2.19. The molecule has 3 heteroatoms. The van der Waals surface area contributed by atoms with Crippen LogP contribution in [0.15, 0.2) is 54.6 Å². The van der Waals surface area contributed by atoms with E-state index >= 15 is 0 Å². The first-order valence-electron chi connectivity index (χ1n) is 8.04. The van der Waals surface area contributed by atoms with Crippen molar-refractivity contribution >= 4 is 19.0 Å². The minimum Gasteiger partial charge on any atom is -0.455 e. The lowest BCUT2D eigenvalue weighted by Crippen LogP contribution is -2.24. The van der Waals surface area contributed by atoms with Crippen LogP contribution in [-0.4, -0.2) is 13.1 Å². The van der Waals surface area contributed by atoms with Crippen LogP contribution in [0.3, 0.4) is 0 Å². The van der Waals surface area contributed by atoms with Crippen LogP contribution in [0, 0.1) is 6.92 Å². The van der Waals surface area contributed by atoms with Crippen molar-refractivity contribution in [1.82, 2.24) is 4.98 Å². The van der Waals surface area contributed by atoms with E-state index in [-0.39, 0.29) is 0 Å². The Morgan fingerprint density at radius 3 is 2.39 bits per heavy atom. The van der Waals surface area contributed by atoms with Crippen LogP contribution >= 0.6 is 0 Å². The molecule has 118 valence electrons. The molecule has 1 aromatic heterocycles. The third-order valence-corrected chi connectivity index (χ3v) is 5.22. The minimum absolute atomic E-state index is 0.840. The summed E-state index contributed by atoms with van der Waals surface area (Å²) >= 11 is 0. The van der Waals surface area contributed by atoms with Gasteiger partial charge in [-0.2, -0.15) is 0 Å². The fourth-order valence-corrected chi connectivity index (χ4v) is 4.17. The second-order valence-electron chi connectivity index (χ2n) is 7.21. The molecule has 3 rings (SSSR count). The van der Waals surface area contributed by atoms with Gasteiger partial charge in [0.25, 0.3) is 0 Å². The second-order valence-corrected chi connectivity index (χ2v) is 12.7. The van der Waals surface area contributed by atoms with E-state index in [1.165, 1.54) is 5.56 Å². The lowest BCUT2D eigenvalue weighted by molar-refractivity contribution is 0.472. The number of pyridine rings is 1. The lowest BCUT2D eigenvalue weighted by atomic mass is 10.2. The number of hydrogen-bond acceptors (Lipinski definition) is 2. The third-order valence-electron chi connectivity index (χ3n) is 3.78. The Labute approximate surface area is 139 Å². The van der Waals surface area contributed by atoms with Gasteiger partial charge >= 0.3 is 0 Å². The zero-order valence-corrected chi connectivity index (χ0v) is 15.3. The summed E-state index contributed by atoms with van der Waals surface area (Å²) in [6.45, 7) is 9.15. The maximum absolute atomic E-state index is 6.25. The number of nitrogens with zero attached hydrogens (tertiary/aromatic N) is 1. The maximum atomic E-state index is 6.25. The Morgan fingerprint density at radius 1 is 0.913 bits per heavy atom. The summed E-state index contributed by atoms with van der Waals surface area (Å²) in [5.74, 6) is 1.79. The Hall–Kier alpha value is -2.13. The number of aryl methyl sites for hydroxylation is 1. The number of benzene rings is 2. The molecule has 0 radical (unpaired) electrons. The quantitative estimate of drug-likeness (QED) is 0.570. The van der Waals surface area contributed by atoms with Crippen LogP contribution in [0.25, 0.3) is 10.9 Å². The van der Waals surface area contributed by atoms with Crippen molar-refractivity contribution in [2.45, 2.75) is 32.6 Å². The molecule has 0 aliphatic rings. The largest absolute Gasteiger partial charge is 0.455 e. The summed E-state index contributed by atoms with van der Waals surface area (Å²) in [5.41, 5.74) is 3.22. The predicted molar refractivity (Wildman–Crippen MR) is 100 cm³/mol.